The van der Waals surface area contributed by atoms with E-state index in [4.69, 9.17) is 10.5 Å². The standard InChI is InChI=1S/C12H16N2O2.ClH/c13-7-12(15)14-10-3-1-2-4-11(10)16-8-9-5-6-9;/h1-4,9H,5-8,13H2,(H,14,15);1H. The van der Waals surface area contributed by atoms with Gasteiger partial charge in [-0.3, -0.25) is 4.79 Å². The highest BCUT2D eigenvalue weighted by Gasteiger charge is 2.22. The number of para-hydroxylation sites is 2. The highest BCUT2D eigenvalue weighted by atomic mass is 35.5. The van der Waals surface area contributed by atoms with Gasteiger partial charge in [0.25, 0.3) is 0 Å². The van der Waals surface area contributed by atoms with E-state index in [0.717, 1.165) is 12.4 Å². The van der Waals surface area contributed by atoms with Crippen molar-refractivity contribution in [1.29, 1.82) is 0 Å². The summed E-state index contributed by atoms with van der Waals surface area (Å²) in [7, 11) is 0. The molecule has 0 unspecified atom stereocenters. The second-order valence-electron chi connectivity index (χ2n) is 4.00. The van der Waals surface area contributed by atoms with Crippen LogP contribution in [0.4, 0.5) is 5.69 Å². The van der Waals surface area contributed by atoms with Gasteiger partial charge >= 0.3 is 0 Å². The zero-order valence-electron chi connectivity index (χ0n) is 9.52. The molecule has 94 valence electrons. The first-order chi connectivity index (χ1) is 7.79. The van der Waals surface area contributed by atoms with Crippen molar-refractivity contribution in [2.45, 2.75) is 12.8 Å². The Balaban J connectivity index is 0.00000144. The number of carbonyl (C=O) groups excluding carboxylic acids is 1. The van der Waals surface area contributed by atoms with Crippen LogP contribution in [0.1, 0.15) is 12.8 Å². The first-order valence-electron chi connectivity index (χ1n) is 5.51. The van der Waals surface area contributed by atoms with E-state index in [1.54, 1.807) is 0 Å². The summed E-state index contributed by atoms with van der Waals surface area (Å²) in [6, 6.07) is 7.42. The van der Waals surface area contributed by atoms with Crippen LogP contribution in [-0.2, 0) is 4.79 Å². The molecule has 4 nitrogen and oxygen atoms in total. The SMILES string of the molecule is Cl.NCC(=O)Nc1ccccc1OCC1CC1. The fraction of sp³-hybridized carbons (Fsp3) is 0.417. The predicted octanol–water partition coefficient (Wildman–Crippen LogP) is 1.79. The van der Waals surface area contributed by atoms with Gasteiger partial charge < -0.3 is 15.8 Å². The number of hydrogen-bond donors (Lipinski definition) is 2. The molecule has 0 heterocycles. The van der Waals surface area contributed by atoms with E-state index in [1.165, 1.54) is 12.8 Å². The van der Waals surface area contributed by atoms with Crippen molar-refractivity contribution in [2.75, 3.05) is 18.5 Å². The topological polar surface area (TPSA) is 64.4 Å². The summed E-state index contributed by atoms with van der Waals surface area (Å²) < 4.78 is 5.65. The molecule has 0 aromatic heterocycles. The lowest BCUT2D eigenvalue weighted by Crippen LogP contribution is -2.22. The maximum atomic E-state index is 11.2. The minimum absolute atomic E-state index is 0. The summed E-state index contributed by atoms with van der Waals surface area (Å²) in [5, 5.41) is 2.72. The first kappa shape index (κ1) is 13.8. The molecule has 0 radical (unpaired) electrons. The summed E-state index contributed by atoms with van der Waals surface area (Å²) in [6.45, 7) is 0.715. The van der Waals surface area contributed by atoms with Crippen LogP contribution in [-0.4, -0.2) is 19.1 Å². The van der Waals surface area contributed by atoms with Gasteiger partial charge in [-0.2, -0.15) is 0 Å². The Morgan fingerprint density at radius 3 is 2.76 bits per heavy atom. The molecule has 0 bridgehead atoms. The fourth-order valence-electron chi connectivity index (χ4n) is 1.39. The van der Waals surface area contributed by atoms with Gasteiger partial charge in [0.2, 0.25) is 5.91 Å². The number of halogens is 1. The lowest BCUT2D eigenvalue weighted by atomic mass is 10.3. The molecule has 0 saturated heterocycles. The van der Waals surface area contributed by atoms with Gasteiger partial charge in [0, 0.05) is 0 Å². The van der Waals surface area contributed by atoms with E-state index < -0.39 is 0 Å². The van der Waals surface area contributed by atoms with Crippen molar-refractivity contribution in [2.24, 2.45) is 11.7 Å². The highest BCUT2D eigenvalue weighted by molar-refractivity contribution is 5.93. The molecule has 1 fully saturated rings. The van der Waals surface area contributed by atoms with Crippen LogP contribution in [0.25, 0.3) is 0 Å². The van der Waals surface area contributed by atoms with E-state index in [9.17, 15) is 4.79 Å². The quantitative estimate of drug-likeness (QED) is 0.844. The summed E-state index contributed by atoms with van der Waals surface area (Å²) in [5.41, 5.74) is 5.94. The molecular weight excluding hydrogens is 240 g/mol. The Morgan fingerprint density at radius 2 is 2.12 bits per heavy atom. The van der Waals surface area contributed by atoms with E-state index in [2.05, 4.69) is 5.32 Å². The first-order valence-corrected chi connectivity index (χ1v) is 5.51. The second-order valence-corrected chi connectivity index (χ2v) is 4.00. The monoisotopic (exact) mass is 256 g/mol. The normalized spacial score (nSPS) is 13.7. The third kappa shape index (κ3) is 4.24. The van der Waals surface area contributed by atoms with E-state index in [-0.39, 0.29) is 24.9 Å². The molecule has 0 atom stereocenters. The van der Waals surface area contributed by atoms with Crippen LogP contribution >= 0.6 is 12.4 Å². The molecule has 1 aromatic rings. The van der Waals surface area contributed by atoms with Crippen LogP contribution in [0.5, 0.6) is 5.75 Å². The average Bonchev–Trinajstić information content (AvgIpc) is 3.11. The third-order valence-corrected chi connectivity index (χ3v) is 2.52. The predicted molar refractivity (Wildman–Crippen MR) is 69.6 cm³/mol. The Bertz CT molecular complexity index is 381. The van der Waals surface area contributed by atoms with Crippen LogP contribution in [0, 0.1) is 5.92 Å². The van der Waals surface area contributed by atoms with Gasteiger partial charge in [-0.25, -0.2) is 0 Å². The van der Waals surface area contributed by atoms with E-state index in [0.29, 0.717) is 11.6 Å². The minimum Gasteiger partial charge on any atom is -0.491 e. The number of ether oxygens (including phenoxy) is 1. The van der Waals surface area contributed by atoms with Crippen LogP contribution < -0.4 is 15.8 Å². The third-order valence-electron chi connectivity index (χ3n) is 2.52. The fourth-order valence-corrected chi connectivity index (χ4v) is 1.39. The Kier molecular flexibility index (Phi) is 5.25. The van der Waals surface area contributed by atoms with Gasteiger partial charge in [0.05, 0.1) is 18.8 Å². The molecule has 2 rings (SSSR count). The minimum atomic E-state index is -0.206. The smallest absolute Gasteiger partial charge is 0.238 e. The van der Waals surface area contributed by atoms with Crippen LogP contribution in [0.15, 0.2) is 24.3 Å². The van der Waals surface area contributed by atoms with Crippen LogP contribution in [0.3, 0.4) is 0 Å². The Labute approximate surface area is 107 Å². The molecule has 1 amide bonds. The van der Waals surface area contributed by atoms with Crippen molar-refractivity contribution in [3.8, 4) is 5.75 Å². The highest BCUT2D eigenvalue weighted by Crippen LogP contribution is 2.31. The lowest BCUT2D eigenvalue weighted by Gasteiger charge is -2.11. The molecule has 1 aliphatic rings. The number of nitrogens with one attached hydrogen (secondary N) is 1. The molecule has 0 aliphatic heterocycles. The van der Waals surface area contributed by atoms with Gasteiger partial charge in [0.15, 0.2) is 0 Å². The molecule has 1 aliphatic carbocycles. The zero-order valence-corrected chi connectivity index (χ0v) is 10.3. The molecule has 0 spiro atoms. The van der Waals surface area contributed by atoms with Gasteiger partial charge in [-0.15, -0.1) is 12.4 Å². The van der Waals surface area contributed by atoms with Crippen LogP contribution in [0.2, 0.25) is 0 Å². The summed E-state index contributed by atoms with van der Waals surface area (Å²) >= 11 is 0. The number of amides is 1. The van der Waals surface area contributed by atoms with Gasteiger partial charge in [-0.1, -0.05) is 12.1 Å². The van der Waals surface area contributed by atoms with Crippen molar-refractivity contribution in [3.05, 3.63) is 24.3 Å². The zero-order chi connectivity index (χ0) is 11.4. The lowest BCUT2D eigenvalue weighted by molar-refractivity contribution is -0.114. The maximum absolute atomic E-state index is 11.2. The largest absolute Gasteiger partial charge is 0.491 e. The molecule has 1 saturated carbocycles. The second kappa shape index (κ2) is 6.47. The molecule has 17 heavy (non-hydrogen) atoms. The maximum Gasteiger partial charge on any atom is 0.238 e. The summed E-state index contributed by atoms with van der Waals surface area (Å²) in [5.74, 6) is 1.21. The van der Waals surface area contributed by atoms with Crippen molar-refractivity contribution >= 4 is 24.0 Å². The average molecular weight is 257 g/mol. The molecule has 3 N–H and O–H groups in total. The summed E-state index contributed by atoms with van der Waals surface area (Å²) in [4.78, 5) is 11.2. The van der Waals surface area contributed by atoms with Gasteiger partial charge in [-0.05, 0) is 30.9 Å². The number of benzene rings is 1. The number of hydrogen-bond acceptors (Lipinski definition) is 3. The van der Waals surface area contributed by atoms with Crippen molar-refractivity contribution < 1.29 is 9.53 Å². The Morgan fingerprint density at radius 1 is 1.41 bits per heavy atom. The van der Waals surface area contributed by atoms with Crippen molar-refractivity contribution in [3.63, 3.8) is 0 Å². The summed E-state index contributed by atoms with van der Waals surface area (Å²) in [6.07, 6.45) is 2.49. The van der Waals surface area contributed by atoms with E-state index in [1.807, 2.05) is 24.3 Å². The Hall–Kier alpha value is -1.26. The number of carbonyl (C=O) groups is 1. The number of anilines is 1. The molecular formula is C12H17ClN2O2. The van der Waals surface area contributed by atoms with Crippen molar-refractivity contribution in [1.82, 2.24) is 0 Å². The number of rotatable bonds is 5. The number of nitrogens with two attached hydrogens (primary N) is 1. The molecule has 1 aromatic carbocycles. The molecule has 5 heteroatoms. The van der Waals surface area contributed by atoms with Gasteiger partial charge in [0.1, 0.15) is 5.75 Å². The van der Waals surface area contributed by atoms with E-state index >= 15 is 0 Å².